The molecule has 0 aliphatic rings. The number of carbonyl (C=O) groups excluding carboxylic acids is 1. The van der Waals surface area contributed by atoms with Crippen LogP contribution in [0.5, 0.6) is 0 Å². The van der Waals surface area contributed by atoms with E-state index in [0.29, 0.717) is 15.6 Å². The molecule has 0 bridgehead atoms. The van der Waals surface area contributed by atoms with Crippen LogP contribution in [0.4, 0.5) is 30.8 Å². The number of anilines is 3. The first-order valence-corrected chi connectivity index (χ1v) is 13.5. The number of benzene rings is 2. The molecule has 1 aromatic heterocycles. The monoisotopic (exact) mass is 557 g/mol. The summed E-state index contributed by atoms with van der Waals surface area (Å²) in [5.74, 6) is -1.80. The van der Waals surface area contributed by atoms with E-state index in [1.165, 1.54) is 23.0 Å². The van der Waals surface area contributed by atoms with Crippen LogP contribution in [0, 0.1) is 11.6 Å². The summed E-state index contributed by atoms with van der Waals surface area (Å²) in [5, 5.41) is 4.07. The number of rotatable bonds is 5. The molecule has 0 saturated carbocycles. The summed E-state index contributed by atoms with van der Waals surface area (Å²) in [6.45, 7) is 10.2. The highest BCUT2D eigenvalue weighted by molar-refractivity contribution is 7.93. The Labute approximate surface area is 218 Å². The SMILES string of the molecule is CC(C)(C)OC(=O)N(c1cscn1)S(=O)(=O)c1cc(Cl)c(Nc2ccc(F)c(C(C)(C)C)c2)cc1F. The van der Waals surface area contributed by atoms with Gasteiger partial charge in [0.05, 0.1) is 16.2 Å². The molecule has 1 heterocycles. The zero-order chi connectivity index (χ0) is 27.1. The molecule has 3 rings (SSSR count). The molecule has 1 N–H and O–H groups in total. The highest BCUT2D eigenvalue weighted by atomic mass is 35.5. The molecular weight excluding hydrogens is 532 g/mol. The van der Waals surface area contributed by atoms with Crippen LogP contribution in [0.3, 0.4) is 0 Å². The maximum absolute atomic E-state index is 15.2. The zero-order valence-corrected chi connectivity index (χ0v) is 22.9. The van der Waals surface area contributed by atoms with Crippen LogP contribution < -0.4 is 9.62 Å². The lowest BCUT2D eigenvalue weighted by Crippen LogP contribution is -2.41. The minimum atomic E-state index is -4.80. The van der Waals surface area contributed by atoms with Crippen LogP contribution >= 0.6 is 22.9 Å². The molecule has 0 saturated heterocycles. The lowest BCUT2D eigenvalue weighted by Gasteiger charge is -2.26. The highest BCUT2D eigenvalue weighted by Crippen LogP contribution is 2.35. The number of halogens is 3. The van der Waals surface area contributed by atoms with Crippen molar-refractivity contribution in [2.24, 2.45) is 0 Å². The van der Waals surface area contributed by atoms with Crippen LogP contribution in [0.25, 0.3) is 0 Å². The van der Waals surface area contributed by atoms with Gasteiger partial charge in [-0.25, -0.2) is 27.0 Å². The predicted molar refractivity (Wildman–Crippen MR) is 138 cm³/mol. The Balaban J connectivity index is 2.03. The van der Waals surface area contributed by atoms with Gasteiger partial charge in [-0.15, -0.1) is 15.6 Å². The molecule has 0 fully saturated rings. The average molecular weight is 558 g/mol. The number of amides is 1. The van der Waals surface area contributed by atoms with Crippen molar-refractivity contribution >= 4 is 56.2 Å². The van der Waals surface area contributed by atoms with Gasteiger partial charge in [-0.05, 0) is 56.0 Å². The maximum atomic E-state index is 15.2. The van der Waals surface area contributed by atoms with Crippen molar-refractivity contribution in [3.8, 4) is 0 Å². The predicted octanol–water partition coefficient (Wildman–Crippen LogP) is 7.25. The topological polar surface area (TPSA) is 88.6 Å². The first kappa shape index (κ1) is 27.8. The minimum Gasteiger partial charge on any atom is -0.443 e. The number of hydrogen-bond donors (Lipinski definition) is 1. The Kier molecular flexibility index (Phi) is 7.69. The first-order valence-electron chi connectivity index (χ1n) is 10.7. The fourth-order valence-corrected chi connectivity index (χ4v) is 5.39. The third-order valence-electron chi connectivity index (χ3n) is 4.78. The van der Waals surface area contributed by atoms with Gasteiger partial charge in [0.15, 0.2) is 5.82 Å². The molecule has 0 spiro atoms. The largest absolute Gasteiger partial charge is 0.443 e. The molecule has 1 amide bonds. The summed E-state index contributed by atoms with van der Waals surface area (Å²) >= 11 is 7.37. The van der Waals surface area contributed by atoms with Gasteiger partial charge in [0.2, 0.25) is 0 Å². The zero-order valence-electron chi connectivity index (χ0n) is 20.5. The highest BCUT2D eigenvalue weighted by Gasteiger charge is 2.38. The van der Waals surface area contributed by atoms with Crippen LogP contribution in [0.15, 0.2) is 46.1 Å². The average Bonchev–Trinajstić information content (AvgIpc) is 3.23. The van der Waals surface area contributed by atoms with Crippen molar-refractivity contribution in [2.45, 2.75) is 57.5 Å². The van der Waals surface area contributed by atoms with Crippen molar-refractivity contribution in [3.63, 3.8) is 0 Å². The number of carbonyl (C=O) groups is 1. The van der Waals surface area contributed by atoms with Gasteiger partial charge >= 0.3 is 6.09 Å². The third-order valence-corrected chi connectivity index (χ3v) is 7.35. The Morgan fingerprint density at radius 1 is 1.08 bits per heavy atom. The van der Waals surface area contributed by atoms with Crippen molar-refractivity contribution in [3.05, 3.63) is 63.4 Å². The number of aromatic nitrogens is 1. The first-order chi connectivity index (χ1) is 16.5. The van der Waals surface area contributed by atoms with Crippen LogP contribution in [0.1, 0.15) is 47.1 Å². The van der Waals surface area contributed by atoms with Crippen molar-refractivity contribution in [1.82, 2.24) is 4.98 Å². The number of hydrogen-bond acceptors (Lipinski definition) is 7. The molecule has 0 radical (unpaired) electrons. The Bertz CT molecular complexity index is 1380. The third kappa shape index (κ3) is 6.13. The van der Waals surface area contributed by atoms with Gasteiger partial charge in [-0.1, -0.05) is 32.4 Å². The van der Waals surface area contributed by atoms with Gasteiger partial charge < -0.3 is 10.1 Å². The minimum absolute atomic E-state index is 0.0528. The Morgan fingerprint density at radius 2 is 1.75 bits per heavy atom. The van der Waals surface area contributed by atoms with Crippen LogP contribution in [0.2, 0.25) is 5.02 Å². The van der Waals surface area contributed by atoms with Crippen molar-refractivity contribution in [1.29, 1.82) is 0 Å². The quantitative estimate of drug-likeness (QED) is 0.355. The normalized spacial score (nSPS) is 12.4. The number of thiazole rings is 1. The molecule has 7 nitrogen and oxygen atoms in total. The fraction of sp³-hybridized carbons (Fsp3) is 0.333. The Morgan fingerprint density at radius 3 is 2.31 bits per heavy atom. The molecule has 12 heteroatoms. The van der Waals surface area contributed by atoms with Gasteiger partial charge in [-0.3, -0.25) is 0 Å². The molecule has 36 heavy (non-hydrogen) atoms. The molecule has 3 aromatic rings. The number of nitrogens with zero attached hydrogens (tertiary/aromatic N) is 2. The van der Waals surface area contributed by atoms with E-state index in [4.69, 9.17) is 16.3 Å². The lowest BCUT2D eigenvalue weighted by molar-refractivity contribution is 0.0608. The van der Waals surface area contributed by atoms with E-state index in [0.717, 1.165) is 23.5 Å². The van der Waals surface area contributed by atoms with E-state index in [1.807, 2.05) is 20.8 Å². The Hall–Kier alpha value is -2.76. The summed E-state index contributed by atoms with van der Waals surface area (Å²) < 4.78 is 61.9. The van der Waals surface area contributed by atoms with Crippen molar-refractivity contribution < 1.29 is 26.7 Å². The summed E-state index contributed by atoms with van der Waals surface area (Å²) in [5.41, 5.74) is 0.724. The molecular formula is C24H26ClF2N3O4S2. The van der Waals surface area contributed by atoms with Crippen LogP contribution in [-0.4, -0.2) is 25.1 Å². The van der Waals surface area contributed by atoms with E-state index < -0.39 is 43.7 Å². The second-order valence-electron chi connectivity index (χ2n) is 9.93. The smallest absolute Gasteiger partial charge is 0.430 e. The second-order valence-corrected chi connectivity index (χ2v) is 12.8. The van der Waals surface area contributed by atoms with E-state index >= 15 is 4.39 Å². The second kappa shape index (κ2) is 9.95. The molecule has 0 unspecified atom stereocenters. The maximum Gasteiger partial charge on any atom is 0.430 e. The molecule has 2 aromatic carbocycles. The standard InChI is InChI=1S/C24H26ClF2N3O4S2/c1-23(2,3)15-9-14(7-8-17(15)26)29-19-11-18(27)20(10-16(19)25)36(32,33)30(21-12-35-13-28-21)22(31)34-24(4,5)6/h7-13,29H,1-6H3. The fourth-order valence-electron chi connectivity index (χ4n) is 3.18. The van der Waals surface area contributed by atoms with E-state index in [-0.39, 0.29) is 16.5 Å². The van der Waals surface area contributed by atoms with E-state index in [9.17, 15) is 17.6 Å². The van der Waals surface area contributed by atoms with Gasteiger partial charge in [0.25, 0.3) is 10.0 Å². The van der Waals surface area contributed by atoms with Gasteiger partial charge in [-0.2, -0.15) is 0 Å². The van der Waals surface area contributed by atoms with E-state index in [1.54, 1.807) is 26.8 Å². The molecule has 0 atom stereocenters. The molecule has 0 aliphatic carbocycles. The lowest BCUT2D eigenvalue weighted by atomic mass is 9.86. The molecule has 0 aliphatic heterocycles. The summed E-state index contributed by atoms with van der Waals surface area (Å²) in [7, 11) is -4.80. The van der Waals surface area contributed by atoms with Crippen LogP contribution in [-0.2, 0) is 20.2 Å². The van der Waals surface area contributed by atoms with Gasteiger partial charge in [0, 0.05) is 17.1 Å². The molecule has 194 valence electrons. The number of ether oxygens (including phenoxy) is 1. The number of nitrogens with one attached hydrogen (secondary N) is 1. The van der Waals surface area contributed by atoms with Crippen molar-refractivity contribution in [2.75, 3.05) is 9.62 Å². The summed E-state index contributed by atoms with van der Waals surface area (Å²) in [6.07, 6.45) is -1.24. The summed E-state index contributed by atoms with van der Waals surface area (Å²) in [6, 6.07) is 6.09. The summed E-state index contributed by atoms with van der Waals surface area (Å²) in [4.78, 5) is 15.9. The van der Waals surface area contributed by atoms with E-state index in [2.05, 4.69) is 10.3 Å². The number of sulfonamides is 1. The van der Waals surface area contributed by atoms with Gasteiger partial charge in [0.1, 0.15) is 22.1 Å².